The van der Waals surface area contributed by atoms with E-state index in [1.165, 1.54) is 0 Å². The first-order valence-corrected chi connectivity index (χ1v) is 14.8. The van der Waals surface area contributed by atoms with Crippen molar-refractivity contribution < 1.29 is 24.5 Å². The predicted molar refractivity (Wildman–Crippen MR) is 148 cm³/mol. The maximum atomic E-state index is 13.3. The molecule has 206 valence electrons. The summed E-state index contributed by atoms with van der Waals surface area (Å²) in [5.41, 5.74) is 0.740. The number of ether oxygens (including phenoxy) is 1. The van der Waals surface area contributed by atoms with Crippen molar-refractivity contribution in [3.63, 3.8) is 0 Å². The van der Waals surface area contributed by atoms with Crippen molar-refractivity contribution >= 4 is 29.6 Å². The summed E-state index contributed by atoms with van der Waals surface area (Å²) in [5.74, 6) is -0.966. The quantitative estimate of drug-likeness (QED) is 0.382. The van der Waals surface area contributed by atoms with E-state index in [9.17, 15) is 19.8 Å². The molecule has 0 bridgehead atoms. The molecule has 0 aromatic carbocycles. The van der Waals surface area contributed by atoms with Crippen molar-refractivity contribution in [2.75, 3.05) is 6.26 Å². The van der Waals surface area contributed by atoms with Crippen molar-refractivity contribution in [1.82, 2.24) is 4.98 Å². The van der Waals surface area contributed by atoms with Crippen LogP contribution in [0, 0.1) is 28.6 Å². The molecule has 2 aliphatic rings. The van der Waals surface area contributed by atoms with E-state index < -0.39 is 35.6 Å². The maximum absolute atomic E-state index is 13.3. The minimum atomic E-state index is -1.21. The Balaban J connectivity index is 1.87. The van der Waals surface area contributed by atoms with E-state index in [4.69, 9.17) is 4.74 Å². The van der Waals surface area contributed by atoms with E-state index in [1.807, 2.05) is 44.4 Å². The summed E-state index contributed by atoms with van der Waals surface area (Å²) in [4.78, 5) is 31.0. The van der Waals surface area contributed by atoms with Crippen LogP contribution < -0.4 is 0 Å². The fourth-order valence-electron chi connectivity index (χ4n) is 5.73. The molecule has 0 amide bonds. The Bertz CT molecular complexity index is 1010. The number of nitrogens with zero attached hydrogens (tertiary/aromatic N) is 1. The number of fused-ring (bicyclic) bond motifs is 1. The van der Waals surface area contributed by atoms with Gasteiger partial charge in [-0.25, -0.2) is 4.98 Å². The topological polar surface area (TPSA) is 96.7 Å². The van der Waals surface area contributed by atoms with E-state index in [1.54, 1.807) is 32.5 Å². The zero-order valence-electron chi connectivity index (χ0n) is 23.5. The van der Waals surface area contributed by atoms with Gasteiger partial charge in [0.25, 0.3) is 0 Å². The highest BCUT2D eigenvalue weighted by Crippen LogP contribution is 2.58. The molecule has 6 nitrogen and oxygen atoms in total. The van der Waals surface area contributed by atoms with Crippen LogP contribution in [0.5, 0.6) is 0 Å². The third-order valence-corrected chi connectivity index (χ3v) is 9.54. The van der Waals surface area contributed by atoms with Gasteiger partial charge in [0.05, 0.1) is 34.8 Å². The molecule has 7 heteroatoms. The molecule has 1 aliphatic heterocycles. The van der Waals surface area contributed by atoms with Gasteiger partial charge in [0, 0.05) is 5.92 Å². The first-order chi connectivity index (χ1) is 17.3. The minimum Gasteiger partial charge on any atom is -0.458 e. The largest absolute Gasteiger partial charge is 0.458 e. The lowest BCUT2D eigenvalue weighted by molar-refractivity contribution is -0.154. The van der Waals surface area contributed by atoms with Gasteiger partial charge in [-0.15, -0.1) is 11.8 Å². The molecule has 0 spiro atoms. The van der Waals surface area contributed by atoms with Crippen LogP contribution in [0.2, 0.25) is 0 Å². The minimum absolute atomic E-state index is 0.0203. The van der Waals surface area contributed by atoms with Crippen LogP contribution in [0.15, 0.2) is 28.8 Å². The molecule has 1 unspecified atom stereocenters. The Hall–Kier alpha value is -1.70. The zero-order valence-corrected chi connectivity index (χ0v) is 24.3. The summed E-state index contributed by atoms with van der Waals surface area (Å²) in [6.07, 6.45) is 5.95. The second-order valence-corrected chi connectivity index (χ2v) is 13.0. The van der Waals surface area contributed by atoms with Gasteiger partial charge in [-0.05, 0) is 79.9 Å². The molecule has 0 radical (unpaired) electrons. The van der Waals surface area contributed by atoms with Crippen molar-refractivity contribution in [3.05, 3.63) is 29.5 Å². The predicted octanol–water partition coefficient (Wildman–Crippen LogP) is 5.70. The molecule has 2 fully saturated rings. The highest BCUT2D eigenvalue weighted by molar-refractivity contribution is 7.98. The van der Waals surface area contributed by atoms with Crippen LogP contribution in [0.1, 0.15) is 85.8 Å². The first kappa shape index (κ1) is 29.9. The second-order valence-electron chi connectivity index (χ2n) is 12.2. The number of Topliss-reactive ketones (excluding diaryl/α,β-unsaturated/α-hetero) is 1. The lowest BCUT2D eigenvalue weighted by Gasteiger charge is -2.34. The van der Waals surface area contributed by atoms with E-state index in [0.717, 1.165) is 48.4 Å². The van der Waals surface area contributed by atoms with Crippen LogP contribution >= 0.6 is 11.8 Å². The van der Waals surface area contributed by atoms with Gasteiger partial charge in [0.15, 0.2) is 0 Å². The van der Waals surface area contributed by atoms with E-state index in [0.29, 0.717) is 5.92 Å². The number of cyclic esters (lactones) is 1. The van der Waals surface area contributed by atoms with Crippen LogP contribution in [0.4, 0.5) is 0 Å². The molecule has 1 saturated heterocycles. The smallest absolute Gasteiger partial charge is 0.309 e. The third kappa shape index (κ3) is 7.24. The summed E-state index contributed by atoms with van der Waals surface area (Å²) in [6, 6.07) is 5.87. The van der Waals surface area contributed by atoms with Crippen molar-refractivity contribution in [3.8, 4) is 0 Å². The number of hydrogen-bond acceptors (Lipinski definition) is 7. The van der Waals surface area contributed by atoms with Gasteiger partial charge in [-0.3, -0.25) is 9.59 Å². The van der Waals surface area contributed by atoms with E-state index in [-0.39, 0.29) is 23.5 Å². The molecule has 2 heterocycles. The molecule has 1 aromatic heterocycles. The number of esters is 1. The standard InChI is InChI=1S/C30H45NO5S/c1-18-10-9-13-30(6)17-21(30)15-23(19(2)14-22-11-8-12-25(31-22)37-7)36-26(33)16-24(32)29(4,5)28(35)20(3)27(18)34/h8,11-12,14,18,20-21,23-24,27,32,34H,9-10,13,15-17H2,1-7H3/b19-14+/t18-,20+,21?,23-,24-,27-,30-/m0/s1. The fraction of sp³-hybridized carbons (Fsp3) is 0.700. The van der Waals surface area contributed by atoms with Gasteiger partial charge in [-0.2, -0.15) is 0 Å². The molecule has 1 aromatic rings. The highest BCUT2D eigenvalue weighted by atomic mass is 32.2. The highest BCUT2D eigenvalue weighted by Gasteiger charge is 2.50. The number of aliphatic hydroxyl groups is 2. The number of pyridine rings is 1. The summed E-state index contributed by atoms with van der Waals surface area (Å²) in [7, 11) is 0. The molecule has 1 aliphatic carbocycles. The number of carbonyl (C=O) groups is 2. The first-order valence-electron chi connectivity index (χ1n) is 13.6. The molecule has 7 atom stereocenters. The Morgan fingerprint density at radius 1 is 1.19 bits per heavy atom. The average molecular weight is 532 g/mol. The Kier molecular flexibility index (Phi) is 9.68. The van der Waals surface area contributed by atoms with Crippen LogP contribution in [0.3, 0.4) is 0 Å². The Morgan fingerprint density at radius 2 is 1.89 bits per heavy atom. The second kappa shape index (κ2) is 12.0. The summed E-state index contributed by atoms with van der Waals surface area (Å²) in [6.45, 7) is 11.3. The number of thioether (sulfide) groups is 1. The van der Waals surface area contributed by atoms with Crippen molar-refractivity contribution in [2.45, 2.75) is 103 Å². The van der Waals surface area contributed by atoms with Gasteiger partial charge in [0.2, 0.25) is 0 Å². The third-order valence-electron chi connectivity index (χ3n) is 8.89. The lowest BCUT2D eigenvalue weighted by atomic mass is 9.73. The zero-order chi connectivity index (χ0) is 27.5. The number of rotatable bonds is 3. The number of carbonyl (C=O) groups excluding carboxylic acids is 2. The number of aliphatic hydroxyl groups excluding tert-OH is 2. The summed E-state index contributed by atoms with van der Waals surface area (Å²) < 4.78 is 5.99. The number of hydrogen-bond donors (Lipinski definition) is 2. The van der Waals surface area contributed by atoms with E-state index in [2.05, 4.69) is 11.9 Å². The van der Waals surface area contributed by atoms with Gasteiger partial charge in [-0.1, -0.05) is 47.1 Å². The molecular formula is C30H45NO5S. The van der Waals surface area contributed by atoms with Crippen molar-refractivity contribution in [2.24, 2.45) is 28.6 Å². The molecule has 3 rings (SSSR count). The molecular weight excluding hydrogens is 486 g/mol. The normalized spacial score (nSPS) is 36.0. The van der Waals surface area contributed by atoms with Crippen LogP contribution in [-0.2, 0) is 14.3 Å². The molecule has 37 heavy (non-hydrogen) atoms. The van der Waals surface area contributed by atoms with Crippen molar-refractivity contribution in [1.29, 1.82) is 0 Å². The van der Waals surface area contributed by atoms with Crippen LogP contribution in [-0.4, -0.2) is 51.5 Å². The number of ketones is 1. The molecule has 2 N–H and O–H groups in total. The lowest BCUT2D eigenvalue weighted by Crippen LogP contribution is -2.45. The SMILES string of the molecule is CSc1cccc(/C=C(\C)[C@@H]2CC3C[C@]3(C)CCC[C@H](C)[C@H](O)[C@@H](C)C(=O)C(C)(C)[C@@H](O)CC(=O)O2)n1. The number of aromatic nitrogens is 1. The Morgan fingerprint density at radius 3 is 2.57 bits per heavy atom. The van der Waals surface area contributed by atoms with E-state index >= 15 is 0 Å². The average Bonchev–Trinajstić information content (AvgIpc) is 3.49. The summed E-state index contributed by atoms with van der Waals surface area (Å²) >= 11 is 1.58. The molecule has 1 saturated carbocycles. The van der Waals surface area contributed by atoms with Gasteiger partial charge >= 0.3 is 5.97 Å². The van der Waals surface area contributed by atoms with Gasteiger partial charge < -0.3 is 14.9 Å². The van der Waals surface area contributed by atoms with Gasteiger partial charge in [0.1, 0.15) is 11.9 Å². The monoisotopic (exact) mass is 531 g/mol. The fourth-order valence-corrected chi connectivity index (χ4v) is 6.14. The Labute approximate surface area is 226 Å². The maximum Gasteiger partial charge on any atom is 0.309 e. The summed E-state index contributed by atoms with van der Waals surface area (Å²) in [5, 5.41) is 22.8. The van der Waals surface area contributed by atoms with Crippen LogP contribution in [0.25, 0.3) is 6.08 Å².